The molecule has 7 heteroatoms. The lowest BCUT2D eigenvalue weighted by Crippen LogP contribution is -2.39. The highest BCUT2D eigenvalue weighted by Gasteiger charge is 2.24. The second-order valence-corrected chi connectivity index (χ2v) is 6.03. The number of anilines is 1. The molecule has 26 heavy (non-hydrogen) atoms. The number of nitrogens with zero attached hydrogens (tertiary/aromatic N) is 1. The first-order valence-corrected chi connectivity index (χ1v) is 8.78. The summed E-state index contributed by atoms with van der Waals surface area (Å²) in [5.74, 6) is -0.430. The Labute approximate surface area is 153 Å². The van der Waals surface area contributed by atoms with E-state index in [9.17, 15) is 19.2 Å². The number of nitrogens with two attached hydrogens (primary N) is 1. The number of rotatable bonds is 13. The van der Waals surface area contributed by atoms with Gasteiger partial charge >= 0.3 is 0 Å². The van der Waals surface area contributed by atoms with Crippen molar-refractivity contribution in [2.75, 3.05) is 25.5 Å². The summed E-state index contributed by atoms with van der Waals surface area (Å²) in [5.41, 5.74) is 6.52. The maximum absolute atomic E-state index is 12.9. The number of likely N-dealkylation sites (N-methyl/N-ethyl adjacent to an activating group) is 1. The van der Waals surface area contributed by atoms with Gasteiger partial charge < -0.3 is 25.5 Å². The zero-order chi connectivity index (χ0) is 19.4. The van der Waals surface area contributed by atoms with Gasteiger partial charge in [0.1, 0.15) is 12.6 Å². The van der Waals surface area contributed by atoms with E-state index in [4.69, 9.17) is 5.73 Å². The number of hydrogen-bond donors (Lipinski definition) is 2. The van der Waals surface area contributed by atoms with Gasteiger partial charge in [0.2, 0.25) is 0 Å². The molecule has 3 N–H and O–H groups in total. The standard InChI is InChI=1S/C19H27N3O4/c1-22(16(14-25)8-6-12-23)19(26)18-15(13-24)7-5-9-17(18)21-11-4-2-3-10-20/h5,7,9,12-14,16,21H,2-4,6,8,10-11,20H2,1H3. The van der Waals surface area contributed by atoms with Gasteiger partial charge in [-0.15, -0.1) is 0 Å². The Morgan fingerprint density at radius 3 is 2.62 bits per heavy atom. The number of hydrogen-bond acceptors (Lipinski definition) is 6. The predicted molar refractivity (Wildman–Crippen MR) is 100 cm³/mol. The van der Waals surface area contributed by atoms with E-state index >= 15 is 0 Å². The Bertz CT molecular complexity index is 619. The molecule has 7 nitrogen and oxygen atoms in total. The van der Waals surface area contributed by atoms with E-state index in [0.29, 0.717) is 37.6 Å². The molecule has 1 rings (SSSR count). The fourth-order valence-electron chi connectivity index (χ4n) is 2.64. The smallest absolute Gasteiger partial charge is 0.257 e. The molecule has 1 amide bonds. The topological polar surface area (TPSA) is 110 Å². The van der Waals surface area contributed by atoms with Crippen molar-refractivity contribution in [1.29, 1.82) is 0 Å². The van der Waals surface area contributed by atoms with Crippen molar-refractivity contribution in [2.45, 2.75) is 38.1 Å². The minimum Gasteiger partial charge on any atom is -0.384 e. The number of carbonyl (C=O) groups excluding carboxylic acids is 4. The first-order chi connectivity index (χ1) is 12.6. The van der Waals surface area contributed by atoms with E-state index in [-0.39, 0.29) is 24.0 Å². The molecule has 0 aliphatic heterocycles. The highest BCUT2D eigenvalue weighted by atomic mass is 16.2. The predicted octanol–water partition coefficient (Wildman–Crippen LogP) is 1.66. The molecule has 0 bridgehead atoms. The normalized spacial score (nSPS) is 11.5. The van der Waals surface area contributed by atoms with Crippen LogP contribution in [0.2, 0.25) is 0 Å². The minimum atomic E-state index is -0.718. The first kappa shape index (κ1) is 21.5. The Hall–Kier alpha value is -2.54. The van der Waals surface area contributed by atoms with E-state index in [1.165, 1.54) is 11.9 Å². The average molecular weight is 361 g/mol. The molecule has 0 saturated heterocycles. The van der Waals surface area contributed by atoms with Crippen molar-refractivity contribution < 1.29 is 19.2 Å². The molecule has 1 atom stereocenters. The second kappa shape index (κ2) is 11.9. The minimum absolute atomic E-state index is 0.183. The Kier molecular flexibility index (Phi) is 9.86. The van der Waals surface area contributed by atoms with Crippen LogP contribution < -0.4 is 11.1 Å². The van der Waals surface area contributed by atoms with Gasteiger partial charge in [-0.1, -0.05) is 18.6 Å². The van der Waals surface area contributed by atoms with Crippen LogP contribution in [0.15, 0.2) is 18.2 Å². The SMILES string of the molecule is CN(C(=O)c1c(C=O)cccc1NCCCCCN)C(C=O)CCC=O. The highest BCUT2D eigenvalue weighted by molar-refractivity contribution is 6.06. The van der Waals surface area contributed by atoms with Gasteiger partial charge in [-0.3, -0.25) is 9.59 Å². The Balaban J connectivity index is 2.99. The zero-order valence-corrected chi connectivity index (χ0v) is 15.1. The molecule has 0 radical (unpaired) electrons. The quantitative estimate of drug-likeness (QED) is 0.408. The van der Waals surface area contributed by atoms with E-state index in [1.807, 2.05) is 0 Å². The Morgan fingerprint density at radius 2 is 2.00 bits per heavy atom. The Morgan fingerprint density at radius 1 is 1.23 bits per heavy atom. The number of benzene rings is 1. The number of unbranched alkanes of at least 4 members (excludes halogenated alkanes) is 2. The third-order valence-corrected chi connectivity index (χ3v) is 4.19. The van der Waals surface area contributed by atoms with Gasteiger partial charge in [-0.2, -0.15) is 0 Å². The molecular formula is C19H27N3O4. The molecule has 0 saturated carbocycles. The summed E-state index contributed by atoms with van der Waals surface area (Å²) in [6, 6.07) is 4.28. The third kappa shape index (κ3) is 6.07. The molecule has 0 fully saturated rings. The summed E-state index contributed by atoms with van der Waals surface area (Å²) < 4.78 is 0. The molecule has 1 unspecified atom stereocenters. The maximum Gasteiger partial charge on any atom is 0.257 e. The van der Waals surface area contributed by atoms with Crippen LogP contribution in [-0.2, 0) is 9.59 Å². The summed E-state index contributed by atoms with van der Waals surface area (Å²) in [6.45, 7) is 1.29. The van der Waals surface area contributed by atoms with Gasteiger partial charge in [-0.05, 0) is 31.9 Å². The number of carbonyl (C=O) groups is 4. The molecule has 0 aromatic heterocycles. The van der Waals surface area contributed by atoms with Crippen LogP contribution in [0.4, 0.5) is 5.69 Å². The van der Waals surface area contributed by atoms with E-state index in [0.717, 1.165) is 19.3 Å². The number of nitrogens with one attached hydrogen (secondary N) is 1. The van der Waals surface area contributed by atoms with Crippen LogP contribution >= 0.6 is 0 Å². The van der Waals surface area contributed by atoms with E-state index < -0.39 is 11.9 Å². The highest BCUT2D eigenvalue weighted by Crippen LogP contribution is 2.22. The molecule has 0 aliphatic rings. The van der Waals surface area contributed by atoms with Crippen LogP contribution in [-0.4, -0.2) is 55.8 Å². The van der Waals surface area contributed by atoms with Crippen LogP contribution in [0.3, 0.4) is 0 Å². The summed E-state index contributed by atoms with van der Waals surface area (Å²) in [5, 5.41) is 3.19. The fourth-order valence-corrected chi connectivity index (χ4v) is 2.64. The van der Waals surface area contributed by atoms with Crippen molar-refractivity contribution in [3.63, 3.8) is 0 Å². The van der Waals surface area contributed by atoms with Crippen molar-refractivity contribution in [3.05, 3.63) is 29.3 Å². The largest absolute Gasteiger partial charge is 0.384 e. The third-order valence-electron chi connectivity index (χ3n) is 4.19. The van der Waals surface area contributed by atoms with Crippen LogP contribution in [0.5, 0.6) is 0 Å². The molecule has 0 heterocycles. The van der Waals surface area contributed by atoms with Crippen LogP contribution in [0, 0.1) is 0 Å². The lowest BCUT2D eigenvalue weighted by Gasteiger charge is -2.25. The monoisotopic (exact) mass is 361 g/mol. The average Bonchev–Trinajstić information content (AvgIpc) is 2.67. The number of aldehydes is 3. The zero-order valence-electron chi connectivity index (χ0n) is 15.1. The summed E-state index contributed by atoms with van der Waals surface area (Å²) in [7, 11) is 1.50. The van der Waals surface area contributed by atoms with Gasteiger partial charge in [0.15, 0.2) is 6.29 Å². The molecule has 0 spiro atoms. The first-order valence-electron chi connectivity index (χ1n) is 8.78. The molecular weight excluding hydrogens is 334 g/mol. The second-order valence-electron chi connectivity index (χ2n) is 6.03. The van der Waals surface area contributed by atoms with Crippen molar-refractivity contribution in [3.8, 4) is 0 Å². The molecule has 1 aromatic rings. The summed E-state index contributed by atoms with van der Waals surface area (Å²) in [6.07, 6.45) is 5.21. The van der Waals surface area contributed by atoms with Gasteiger partial charge in [0.05, 0.1) is 11.6 Å². The van der Waals surface area contributed by atoms with Gasteiger partial charge in [0.25, 0.3) is 5.91 Å². The fraction of sp³-hybridized carbons (Fsp3) is 0.474. The summed E-state index contributed by atoms with van der Waals surface area (Å²) in [4.78, 5) is 47.4. The maximum atomic E-state index is 12.9. The lowest BCUT2D eigenvalue weighted by atomic mass is 10.0. The van der Waals surface area contributed by atoms with E-state index in [1.54, 1.807) is 18.2 Å². The molecule has 1 aromatic carbocycles. The number of amides is 1. The van der Waals surface area contributed by atoms with Gasteiger partial charge in [0, 0.05) is 31.3 Å². The van der Waals surface area contributed by atoms with Crippen molar-refractivity contribution >= 4 is 30.5 Å². The van der Waals surface area contributed by atoms with Crippen molar-refractivity contribution in [2.24, 2.45) is 5.73 Å². The lowest BCUT2D eigenvalue weighted by molar-refractivity contribution is -0.112. The van der Waals surface area contributed by atoms with E-state index in [2.05, 4.69) is 5.32 Å². The van der Waals surface area contributed by atoms with Gasteiger partial charge in [-0.25, -0.2) is 0 Å². The van der Waals surface area contributed by atoms with Crippen molar-refractivity contribution in [1.82, 2.24) is 4.90 Å². The molecule has 142 valence electrons. The van der Waals surface area contributed by atoms with Crippen LogP contribution in [0.25, 0.3) is 0 Å². The van der Waals surface area contributed by atoms with Crippen LogP contribution in [0.1, 0.15) is 52.8 Å². The molecule has 0 aliphatic carbocycles. The summed E-state index contributed by atoms with van der Waals surface area (Å²) >= 11 is 0.